The first-order chi connectivity index (χ1) is 8.99. The summed E-state index contributed by atoms with van der Waals surface area (Å²) in [6.45, 7) is 3.04. The number of nitrogens with two attached hydrogens (primary N) is 1. The van der Waals surface area contributed by atoms with Crippen molar-refractivity contribution in [2.24, 2.45) is 5.73 Å². The first kappa shape index (κ1) is 13.8. The molecule has 0 unspecified atom stereocenters. The molecule has 1 saturated heterocycles. The molecule has 0 aliphatic carbocycles. The van der Waals surface area contributed by atoms with Crippen LogP contribution in [0.1, 0.15) is 30.1 Å². The van der Waals surface area contributed by atoms with Crippen molar-refractivity contribution < 1.29 is 13.9 Å². The molecule has 0 spiro atoms. The highest BCUT2D eigenvalue weighted by Crippen LogP contribution is 2.26. The van der Waals surface area contributed by atoms with Crippen LogP contribution >= 0.6 is 0 Å². The van der Waals surface area contributed by atoms with E-state index in [2.05, 4.69) is 6.92 Å². The summed E-state index contributed by atoms with van der Waals surface area (Å²) in [5.74, 6) is -0.469. The average Bonchev–Trinajstić information content (AvgIpc) is 2.35. The van der Waals surface area contributed by atoms with Crippen molar-refractivity contribution in [1.29, 1.82) is 0 Å². The molecule has 1 fully saturated rings. The molecule has 1 amide bonds. The van der Waals surface area contributed by atoms with Crippen LogP contribution in [-0.2, 0) is 0 Å². The Bertz CT molecular complexity index is 484. The van der Waals surface area contributed by atoms with Crippen molar-refractivity contribution in [3.05, 3.63) is 29.6 Å². The molecular formula is C14H19FN2O2. The molecule has 19 heavy (non-hydrogen) atoms. The van der Waals surface area contributed by atoms with Gasteiger partial charge >= 0.3 is 0 Å². The smallest absolute Gasteiger partial charge is 0.256 e. The topological polar surface area (TPSA) is 55.6 Å². The summed E-state index contributed by atoms with van der Waals surface area (Å²) in [6, 6.07) is 4.25. The maximum absolute atomic E-state index is 13.8. The third-order valence-electron chi connectivity index (χ3n) is 3.45. The number of carbonyl (C=O) groups is 1. The second kappa shape index (κ2) is 5.17. The number of carbonyl (C=O) groups excluding carboxylic acids is 1. The van der Waals surface area contributed by atoms with Gasteiger partial charge in [0, 0.05) is 19.2 Å². The molecule has 1 aliphatic rings. The van der Waals surface area contributed by atoms with Crippen LogP contribution in [0.4, 0.5) is 4.39 Å². The van der Waals surface area contributed by atoms with E-state index in [9.17, 15) is 9.18 Å². The number of hydrogen-bond donors (Lipinski definition) is 1. The number of nitrogens with zero attached hydrogens (tertiary/aromatic N) is 1. The average molecular weight is 266 g/mol. The van der Waals surface area contributed by atoms with Crippen LogP contribution in [0.15, 0.2) is 18.2 Å². The fourth-order valence-corrected chi connectivity index (χ4v) is 2.48. The standard InChI is InChI=1S/C14H19FN2O2/c1-3-6-14(16)8-17(9-14)13(18)11-5-4-10(19-2)7-12(11)15/h4-5,7H,3,6,8-9,16H2,1-2H3. The highest BCUT2D eigenvalue weighted by Gasteiger charge is 2.41. The minimum atomic E-state index is -0.561. The number of benzene rings is 1. The lowest BCUT2D eigenvalue weighted by atomic mass is 9.86. The third-order valence-corrected chi connectivity index (χ3v) is 3.45. The molecule has 1 aromatic carbocycles. The summed E-state index contributed by atoms with van der Waals surface area (Å²) in [6.07, 6.45) is 1.86. The van der Waals surface area contributed by atoms with Crippen molar-refractivity contribution in [1.82, 2.24) is 4.90 Å². The normalized spacial score (nSPS) is 16.9. The predicted molar refractivity (Wildman–Crippen MR) is 70.7 cm³/mol. The lowest BCUT2D eigenvalue weighted by molar-refractivity contribution is 0.0382. The molecule has 4 nitrogen and oxygen atoms in total. The number of halogens is 1. The van der Waals surface area contributed by atoms with Crippen LogP contribution in [0.5, 0.6) is 5.75 Å². The van der Waals surface area contributed by atoms with E-state index in [1.165, 1.54) is 19.2 Å². The zero-order valence-electron chi connectivity index (χ0n) is 11.3. The molecule has 2 rings (SSSR count). The minimum absolute atomic E-state index is 0.0688. The quantitative estimate of drug-likeness (QED) is 0.904. The van der Waals surface area contributed by atoms with Crippen LogP contribution in [-0.4, -0.2) is 36.5 Å². The van der Waals surface area contributed by atoms with Crippen LogP contribution < -0.4 is 10.5 Å². The Kier molecular flexibility index (Phi) is 3.75. The van der Waals surface area contributed by atoms with Gasteiger partial charge in [-0.2, -0.15) is 0 Å². The third kappa shape index (κ3) is 2.71. The van der Waals surface area contributed by atoms with E-state index in [1.54, 1.807) is 11.0 Å². The van der Waals surface area contributed by atoms with Crippen LogP contribution in [0.25, 0.3) is 0 Å². The summed E-state index contributed by atoms with van der Waals surface area (Å²) in [7, 11) is 1.46. The van der Waals surface area contributed by atoms with Gasteiger partial charge in [0.1, 0.15) is 11.6 Å². The Morgan fingerprint density at radius 3 is 2.74 bits per heavy atom. The monoisotopic (exact) mass is 266 g/mol. The Labute approximate surface area is 112 Å². The van der Waals surface area contributed by atoms with Crippen LogP contribution in [0, 0.1) is 5.82 Å². The fraction of sp³-hybridized carbons (Fsp3) is 0.500. The van der Waals surface area contributed by atoms with E-state index in [1.807, 2.05) is 0 Å². The number of hydrogen-bond acceptors (Lipinski definition) is 3. The molecule has 1 aliphatic heterocycles. The van der Waals surface area contributed by atoms with Crippen molar-refractivity contribution in [2.45, 2.75) is 25.3 Å². The van der Waals surface area contributed by atoms with Gasteiger partial charge in [-0.05, 0) is 18.6 Å². The van der Waals surface area contributed by atoms with Gasteiger partial charge in [0.25, 0.3) is 5.91 Å². The molecule has 5 heteroatoms. The first-order valence-electron chi connectivity index (χ1n) is 6.41. The van der Waals surface area contributed by atoms with Gasteiger partial charge in [-0.25, -0.2) is 4.39 Å². The number of ether oxygens (including phenoxy) is 1. The van der Waals surface area contributed by atoms with Crippen molar-refractivity contribution in [3.8, 4) is 5.75 Å². The van der Waals surface area contributed by atoms with Gasteiger partial charge in [0.2, 0.25) is 0 Å². The zero-order valence-corrected chi connectivity index (χ0v) is 11.3. The Morgan fingerprint density at radius 1 is 1.53 bits per heavy atom. The number of amides is 1. The second-order valence-corrected chi connectivity index (χ2v) is 5.12. The van der Waals surface area contributed by atoms with E-state index >= 15 is 0 Å². The molecule has 0 radical (unpaired) electrons. The summed E-state index contributed by atoms with van der Waals surface area (Å²) in [5.41, 5.74) is 5.87. The van der Waals surface area contributed by atoms with Gasteiger partial charge in [0.05, 0.1) is 18.2 Å². The number of likely N-dealkylation sites (tertiary alicyclic amines) is 1. The summed E-state index contributed by atoms with van der Waals surface area (Å²) in [4.78, 5) is 13.7. The zero-order chi connectivity index (χ0) is 14.0. The van der Waals surface area contributed by atoms with Gasteiger partial charge in [-0.1, -0.05) is 13.3 Å². The summed E-state index contributed by atoms with van der Waals surface area (Å²) >= 11 is 0. The lowest BCUT2D eigenvalue weighted by Gasteiger charge is -2.47. The van der Waals surface area contributed by atoms with E-state index in [4.69, 9.17) is 10.5 Å². The van der Waals surface area contributed by atoms with Crippen molar-refractivity contribution in [3.63, 3.8) is 0 Å². The van der Waals surface area contributed by atoms with Gasteiger partial charge in [-0.3, -0.25) is 4.79 Å². The SMILES string of the molecule is CCCC1(N)CN(C(=O)c2ccc(OC)cc2F)C1. The highest BCUT2D eigenvalue weighted by atomic mass is 19.1. The van der Waals surface area contributed by atoms with E-state index in [0.717, 1.165) is 12.8 Å². The van der Waals surface area contributed by atoms with Gasteiger partial charge < -0.3 is 15.4 Å². The minimum Gasteiger partial charge on any atom is -0.497 e. The van der Waals surface area contributed by atoms with Crippen molar-refractivity contribution >= 4 is 5.91 Å². The van der Waals surface area contributed by atoms with Crippen molar-refractivity contribution in [2.75, 3.05) is 20.2 Å². The summed E-state index contributed by atoms with van der Waals surface area (Å²) < 4.78 is 18.7. The molecule has 1 aromatic rings. The molecule has 0 saturated carbocycles. The molecule has 0 aromatic heterocycles. The largest absolute Gasteiger partial charge is 0.497 e. The molecule has 0 atom stereocenters. The molecular weight excluding hydrogens is 247 g/mol. The number of methoxy groups -OCH3 is 1. The Morgan fingerprint density at radius 2 is 2.21 bits per heavy atom. The molecule has 0 bridgehead atoms. The van der Waals surface area contributed by atoms with Crippen LogP contribution in [0.2, 0.25) is 0 Å². The Hall–Kier alpha value is -1.62. The van der Waals surface area contributed by atoms with E-state index < -0.39 is 5.82 Å². The van der Waals surface area contributed by atoms with E-state index in [0.29, 0.717) is 18.8 Å². The fourth-order valence-electron chi connectivity index (χ4n) is 2.48. The van der Waals surface area contributed by atoms with Gasteiger partial charge in [0.15, 0.2) is 0 Å². The van der Waals surface area contributed by atoms with E-state index in [-0.39, 0.29) is 17.0 Å². The summed E-state index contributed by atoms with van der Waals surface area (Å²) in [5, 5.41) is 0. The Balaban J connectivity index is 2.06. The van der Waals surface area contributed by atoms with Crippen LogP contribution in [0.3, 0.4) is 0 Å². The highest BCUT2D eigenvalue weighted by molar-refractivity contribution is 5.95. The maximum atomic E-state index is 13.8. The molecule has 104 valence electrons. The lowest BCUT2D eigenvalue weighted by Crippen LogP contribution is -2.68. The molecule has 1 heterocycles. The van der Waals surface area contributed by atoms with Gasteiger partial charge in [-0.15, -0.1) is 0 Å². The molecule has 2 N–H and O–H groups in total. The first-order valence-corrected chi connectivity index (χ1v) is 6.41. The second-order valence-electron chi connectivity index (χ2n) is 5.12. The maximum Gasteiger partial charge on any atom is 0.256 e. The predicted octanol–water partition coefficient (Wildman–Crippen LogP) is 1.79. The number of rotatable bonds is 4.